The van der Waals surface area contributed by atoms with Gasteiger partial charge in [0.15, 0.2) is 0 Å². The van der Waals surface area contributed by atoms with E-state index in [0.717, 1.165) is 56.0 Å². The minimum Gasteiger partial charge on any atom is -0.383 e. The number of carbonyl (C=O) groups excluding carboxylic acids is 1. The highest BCUT2D eigenvalue weighted by Gasteiger charge is 2.30. The summed E-state index contributed by atoms with van der Waals surface area (Å²) in [7, 11) is 1.73. The van der Waals surface area contributed by atoms with E-state index >= 15 is 0 Å². The van der Waals surface area contributed by atoms with Gasteiger partial charge in [-0.1, -0.05) is 17.7 Å². The molecule has 5 rings (SSSR count). The monoisotopic (exact) mass is 495 g/mol. The summed E-state index contributed by atoms with van der Waals surface area (Å²) in [4.78, 5) is 23.0. The number of likely N-dealkylation sites (tertiary alicyclic amines) is 1. The van der Waals surface area contributed by atoms with E-state index in [2.05, 4.69) is 25.5 Å². The molecule has 9 heteroatoms. The Labute approximate surface area is 208 Å². The Morgan fingerprint density at radius 3 is 2.80 bits per heavy atom. The van der Waals surface area contributed by atoms with Crippen LogP contribution in [0.1, 0.15) is 29.8 Å². The van der Waals surface area contributed by atoms with Gasteiger partial charge in [0.25, 0.3) is 5.91 Å². The minimum atomic E-state index is -0.518. The van der Waals surface area contributed by atoms with E-state index in [1.54, 1.807) is 25.6 Å². The number of aromatic amines is 1. The lowest BCUT2D eigenvalue weighted by Gasteiger charge is -2.32. The smallest absolute Gasteiger partial charge is 0.257 e. The highest BCUT2D eigenvalue weighted by Crippen LogP contribution is 2.41. The molecular formula is C26H27ClFN5O2. The number of benzene rings is 2. The molecule has 2 aliphatic heterocycles. The standard InChI is InChI=1S/C26H27ClFN5O2/c1-35-13-12-33-10-6-17(7-11-33)31-18-3-5-22-19(15-18)24(26(34)32-22)23(25-29-8-9-30-25)16-2-4-21(28)20(27)14-16/h2-5,8-9,14-15,17,31H,6-7,10-13H2,1H3,(H,29,30)(H,32,34)/b24-23-. The SMILES string of the molecule is COCCN1CCC(Nc2ccc3c(c2)/C(=C(\c2ccc(F)c(Cl)c2)c2ncc[nH]2)C(=O)N3)CC1. The number of amides is 1. The Morgan fingerprint density at radius 2 is 2.09 bits per heavy atom. The van der Waals surface area contributed by atoms with Crippen molar-refractivity contribution in [3.05, 3.63) is 76.6 Å². The molecule has 0 bridgehead atoms. The molecule has 182 valence electrons. The maximum absolute atomic E-state index is 13.9. The van der Waals surface area contributed by atoms with Gasteiger partial charge in [-0.15, -0.1) is 0 Å². The number of carbonyl (C=O) groups is 1. The third-order valence-electron chi connectivity index (χ3n) is 6.53. The van der Waals surface area contributed by atoms with Gasteiger partial charge in [-0.25, -0.2) is 9.37 Å². The Morgan fingerprint density at radius 1 is 1.26 bits per heavy atom. The summed E-state index contributed by atoms with van der Waals surface area (Å²) in [5.74, 6) is -0.252. The van der Waals surface area contributed by atoms with E-state index in [-0.39, 0.29) is 10.9 Å². The van der Waals surface area contributed by atoms with Gasteiger partial charge in [-0.05, 0) is 48.7 Å². The Bertz CT molecular complexity index is 1250. The van der Waals surface area contributed by atoms with Crippen molar-refractivity contribution in [2.75, 3.05) is 44.0 Å². The normalized spacial score (nSPS) is 17.9. The van der Waals surface area contributed by atoms with Crippen LogP contribution in [0.4, 0.5) is 15.8 Å². The molecule has 0 unspecified atom stereocenters. The molecule has 0 aliphatic carbocycles. The maximum Gasteiger partial charge on any atom is 0.257 e. The Kier molecular flexibility index (Phi) is 6.86. The lowest BCUT2D eigenvalue weighted by Crippen LogP contribution is -2.40. The van der Waals surface area contributed by atoms with E-state index in [9.17, 15) is 9.18 Å². The number of methoxy groups -OCH3 is 1. The van der Waals surface area contributed by atoms with E-state index in [0.29, 0.717) is 28.6 Å². The van der Waals surface area contributed by atoms with E-state index in [4.69, 9.17) is 16.3 Å². The van der Waals surface area contributed by atoms with Crippen LogP contribution in [0.15, 0.2) is 48.8 Å². The summed E-state index contributed by atoms with van der Waals surface area (Å²) in [5.41, 5.74) is 4.08. The number of H-pyrrole nitrogens is 1. The fourth-order valence-corrected chi connectivity index (χ4v) is 4.90. The first kappa shape index (κ1) is 23.5. The topological polar surface area (TPSA) is 82.3 Å². The second kappa shape index (κ2) is 10.2. The van der Waals surface area contributed by atoms with Crippen molar-refractivity contribution in [2.45, 2.75) is 18.9 Å². The summed E-state index contributed by atoms with van der Waals surface area (Å²) in [6.07, 6.45) is 5.37. The summed E-state index contributed by atoms with van der Waals surface area (Å²) < 4.78 is 19.1. The minimum absolute atomic E-state index is 0.0157. The van der Waals surface area contributed by atoms with Gasteiger partial charge < -0.3 is 25.3 Å². The molecule has 3 N–H and O–H groups in total. The number of ether oxygens (including phenoxy) is 1. The second-order valence-corrected chi connectivity index (χ2v) is 9.19. The first-order valence-corrected chi connectivity index (χ1v) is 12.0. The van der Waals surface area contributed by atoms with Gasteiger partial charge >= 0.3 is 0 Å². The van der Waals surface area contributed by atoms with Crippen LogP contribution in [0.5, 0.6) is 0 Å². The Balaban J connectivity index is 1.47. The third kappa shape index (κ3) is 4.96. The Hall–Kier alpha value is -3.20. The van der Waals surface area contributed by atoms with Crippen LogP contribution in [0.3, 0.4) is 0 Å². The summed E-state index contributed by atoms with van der Waals surface area (Å²) in [6.45, 7) is 3.74. The molecule has 2 aromatic carbocycles. The van der Waals surface area contributed by atoms with Gasteiger partial charge in [0.05, 0.1) is 17.2 Å². The summed E-state index contributed by atoms with van der Waals surface area (Å²) in [6, 6.07) is 10.7. The predicted octanol–water partition coefficient (Wildman–Crippen LogP) is 4.64. The van der Waals surface area contributed by atoms with Crippen molar-refractivity contribution in [3.8, 4) is 0 Å². The molecule has 0 saturated carbocycles. The fraction of sp³-hybridized carbons (Fsp3) is 0.308. The number of rotatable bonds is 7. The number of nitrogens with zero attached hydrogens (tertiary/aromatic N) is 2. The molecule has 35 heavy (non-hydrogen) atoms. The first-order chi connectivity index (χ1) is 17.0. The van der Waals surface area contributed by atoms with Gasteiger partial charge in [0.2, 0.25) is 0 Å². The molecule has 0 spiro atoms. The molecule has 2 aliphatic rings. The maximum atomic E-state index is 13.9. The number of nitrogens with one attached hydrogen (secondary N) is 3. The molecule has 3 aromatic rings. The number of aromatic nitrogens is 2. The molecule has 0 radical (unpaired) electrons. The van der Waals surface area contributed by atoms with Crippen molar-refractivity contribution < 1.29 is 13.9 Å². The average Bonchev–Trinajstić information content (AvgIpc) is 3.50. The number of imidazole rings is 1. The van der Waals surface area contributed by atoms with Gasteiger partial charge in [-0.2, -0.15) is 0 Å². The van der Waals surface area contributed by atoms with Crippen molar-refractivity contribution in [3.63, 3.8) is 0 Å². The van der Waals surface area contributed by atoms with Gasteiger partial charge in [0.1, 0.15) is 11.6 Å². The molecule has 1 saturated heterocycles. The summed E-state index contributed by atoms with van der Waals surface area (Å²) in [5, 5.41) is 6.57. The van der Waals surface area contributed by atoms with Gasteiger partial charge in [-0.3, -0.25) is 4.79 Å². The van der Waals surface area contributed by atoms with Crippen molar-refractivity contribution in [1.29, 1.82) is 0 Å². The van der Waals surface area contributed by atoms with E-state index < -0.39 is 5.82 Å². The van der Waals surface area contributed by atoms with Crippen LogP contribution in [0, 0.1) is 5.82 Å². The second-order valence-electron chi connectivity index (χ2n) is 8.78. The molecular weight excluding hydrogens is 469 g/mol. The predicted molar refractivity (Wildman–Crippen MR) is 136 cm³/mol. The van der Waals surface area contributed by atoms with Crippen LogP contribution in [-0.4, -0.2) is 60.2 Å². The number of piperidine rings is 1. The summed E-state index contributed by atoms with van der Waals surface area (Å²) >= 11 is 6.09. The number of hydrogen-bond donors (Lipinski definition) is 3. The largest absolute Gasteiger partial charge is 0.383 e. The molecule has 7 nitrogen and oxygen atoms in total. The van der Waals surface area contributed by atoms with E-state index in [1.165, 1.54) is 12.1 Å². The van der Waals surface area contributed by atoms with Crippen LogP contribution >= 0.6 is 11.6 Å². The highest BCUT2D eigenvalue weighted by molar-refractivity contribution is 6.38. The highest BCUT2D eigenvalue weighted by atomic mass is 35.5. The zero-order chi connectivity index (χ0) is 24.4. The lowest BCUT2D eigenvalue weighted by molar-refractivity contribution is -0.110. The molecule has 3 heterocycles. The number of fused-ring (bicyclic) bond motifs is 1. The van der Waals surface area contributed by atoms with Crippen LogP contribution in [-0.2, 0) is 9.53 Å². The zero-order valence-electron chi connectivity index (χ0n) is 19.4. The number of halogens is 2. The third-order valence-corrected chi connectivity index (χ3v) is 6.82. The van der Waals surface area contributed by atoms with Gasteiger partial charge in [0, 0.05) is 67.7 Å². The quantitative estimate of drug-likeness (QED) is 0.416. The van der Waals surface area contributed by atoms with Crippen molar-refractivity contribution in [1.82, 2.24) is 14.9 Å². The van der Waals surface area contributed by atoms with Crippen molar-refractivity contribution in [2.24, 2.45) is 0 Å². The number of hydrogen-bond acceptors (Lipinski definition) is 5. The van der Waals surface area contributed by atoms with E-state index in [1.807, 2.05) is 18.2 Å². The van der Waals surface area contributed by atoms with Crippen LogP contribution < -0.4 is 10.6 Å². The lowest BCUT2D eigenvalue weighted by atomic mass is 9.94. The first-order valence-electron chi connectivity index (χ1n) is 11.7. The zero-order valence-corrected chi connectivity index (χ0v) is 20.2. The van der Waals surface area contributed by atoms with Crippen LogP contribution in [0.2, 0.25) is 5.02 Å². The number of anilines is 2. The molecule has 1 fully saturated rings. The molecule has 1 amide bonds. The van der Waals surface area contributed by atoms with Crippen molar-refractivity contribution >= 4 is 40.0 Å². The molecule has 0 atom stereocenters. The van der Waals surface area contributed by atoms with Crippen LogP contribution in [0.25, 0.3) is 11.1 Å². The average molecular weight is 496 g/mol. The molecule has 1 aromatic heterocycles. The fourth-order valence-electron chi connectivity index (χ4n) is 4.72.